The van der Waals surface area contributed by atoms with Crippen molar-refractivity contribution >= 4 is 11.2 Å². The summed E-state index contributed by atoms with van der Waals surface area (Å²) in [7, 11) is 1.66. The fourth-order valence-corrected chi connectivity index (χ4v) is 2.41. The molecule has 0 amide bonds. The predicted molar refractivity (Wildman–Crippen MR) is 83.3 cm³/mol. The Morgan fingerprint density at radius 2 is 2.00 bits per heavy atom. The normalized spacial score (nSPS) is 11.0. The van der Waals surface area contributed by atoms with E-state index >= 15 is 0 Å². The van der Waals surface area contributed by atoms with Crippen molar-refractivity contribution in [1.82, 2.24) is 14.5 Å². The van der Waals surface area contributed by atoms with Crippen molar-refractivity contribution in [3.63, 3.8) is 0 Å². The molecule has 2 aromatic heterocycles. The van der Waals surface area contributed by atoms with E-state index in [1.165, 1.54) is 0 Å². The second-order valence-corrected chi connectivity index (χ2v) is 4.96. The van der Waals surface area contributed by atoms with Gasteiger partial charge in [-0.15, -0.1) is 0 Å². The van der Waals surface area contributed by atoms with Crippen LogP contribution >= 0.6 is 0 Å². The Hall–Kier alpha value is -2.40. The van der Waals surface area contributed by atoms with Crippen molar-refractivity contribution < 1.29 is 4.74 Å². The van der Waals surface area contributed by atoms with Crippen molar-refractivity contribution in [2.45, 2.75) is 13.5 Å². The van der Waals surface area contributed by atoms with Gasteiger partial charge in [-0.25, -0.2) is 9.97 Å². The average Bonchev–Trinajstić information content (AvgIpc) is 2.85. The summed E-state index contributed by atoms with van der Waals surface area (Å²) < 4.78 is 7.26. The molecule has 0 spiro atoms. The van der Waals surface area contributed by atoms with Gasteiger partial charge in [0, 0.05) is 24.8 Å². The molecule has 5 nitrogen and oxygen atoms in total. The highest BCUT2D eigenvalue weighted by molar-refractivity contribution is 5.77. The third-order valence-corrected chi connectivity index (χ3v) is 3.42. The molecule has 21 heavy (non-hydrogen) atoms. The number of methoxy groups -OCH3 is 1. The zero-order chi connectivity index (χ0) is 14.8. The lowest BCUT2D eigenvalue weighted by Gasteiger charge is -2.07. The molecule has 0 atom stereocenters. The molecule has 108 valence electrons. The van der Waals surface area contributed by atoms with Crippen LogP contribution in [0.1, 0.15) is 5.56 Å². The van der Waals surface area contributed by atoms with Gasteiger partial charge in [0.05, 0.1) is 7.11 Å². The Balaban J connectivity index is 2.17. The Morgan fingerprint density at radius 1 is 1.24 bits per heavy atom. The summed E-state index contributed by atoms with van der Waals surface area (Å²) in [6, 6.07) is 9.91. The van der Waals surface area contributed by atoms with E-state index in [9.17, 15) is 0 Å². The number of rotatable bonds is 4. The zero-order valence-corrected chi connectivity index (χ0v) is 12.2. The number of nitrogens with zero attached hydrogens (tertiary/aromatic N) is 3. The molecular formula is C16H18N4O. The molecule has 3 rings (SSSR count). The number of benzene rings is 1. The monoisotopic (exact) mass is 282 g/mol. The van der Waals surface area contributed by atoms with Crippen LogP contribution in [0.15, 0.2) is 36.5 Å². The van der Waals surface area contributed by atoms with E-state index in [0.29, 0.717) is 13.1 Å². The van der Waals surface area contributed by atoms with Gasteiger partial charge in [-0.05, 0) is 42.8 Å². The van der Waals surface area contributed by atoms with E-state index < -0.39 is 0 Å². The summed E-state index contributed by atoms with van der Waals surface area (Å²) in [6.45, 7) is 3.25. The van der Waals surface area contributed by atoms with Crippen molar-refractivity contribution in [3.8, 4) is 17.1 Å². The van der Waals surface area contributed by atoms with Crippen LogP contribution in [0.2, 0.25) is 0 Å². The Morgan fingerprint density at radius 3 is 2.67 bits per heavy atom. The molecule has 0 saturated heterocycles. The van der Waals surface area contributed by atoms with Gasteiger partial charge in [-0.2, -0.15) is 0 Å². The maximum Gasteiger partial charge on any atom is 0.160 e. The fraction of sp³-hybridized carbons (Fsp3) is 0.250. The first-order chi connectivity index (χ1) is 10.2. The molecule has 0 saturated carbocycles. The van der Waals surface area contributed by atoms with Crippen LogP contribution in [0, 0.1) is 6.92 Å². The molecule has 0 aliphatic rings. The summed E-state index contributed by atoms with van der Waals surface area (Å²) in [5, 5.41) is 0. The molecule has 0 unspecified atom stereocenters. The van der Waals surface area contributed by atoms with Crippen molar-refractivity contribution in [1.29, 1.82) is 0 Å². The maximum atomic E-state index is 5.74. The molecule has 0 fully saturated rings. The van der Waals surface area contributed by atoms with Gasteiger partial charge in [-0.1, -0.05) is 0 Å². The number of ether oxygens (including phenoxy) is 1. The molecule has 1 aromatic carbocycles. The number of fused-ring (bicyclic) bond motifs is 1. The van der Waals surface area contributed by atoms with Gasteiger partial charge in [-0.3, -0.25) is 0 Å². The summed E-state index contributed by atoms with van der Waals surface area (Å²) in [6.07, 6.45) is 1.86. The second kappa shape index (κ2) is 5.54. The summed E-state index contributed by atoms with van der Waals surface area (Å²) in [4.78, 5) is 9.22. The number of pyridine rings is 1. The second-order valence-electron chi connectivity index (χ2n) is 4.96. The quantitative estimate of drug-likeness (QED) is 0.798. The first kappa shape index (κ1) is 13.6. The Kier molecular flexibility index (Phi) is 3.58. The molecule has 2 N–H and O–H groups in total. The van der Waals surface area contributed by atoms with Crippen LogP contribution < -0.4 is 10.5 Å². The van der Waals surface area contributed by atoms with Crippen LogP contribution in [-0.2, 0) is 6.54 Å². The third-order valence-electron chi connectivity index (χ3n) is 3.42. The predicted octanol–water partition coefficient (Wildman–Crippen LogP) is 2.37. The van der Waals surface area contributed by atoms with Crippen LogP contribution in [0.4, 0.5) is 0 Å². The number of aromatic nitrogens is 3. The lowest BCUT2D eigenvalue weighted by atomic mass is 10.2. The number of hydrogen-bond donors (Lipinski definition) is 1. The van der Waals surface area contributed by atoms with Gasteiger partial charge in [0.15, 0.2) is 5.65 Å². The number of aryl methyl sites for hydroxylation is 1. The van der Waals surface area contributed by atoms with E-state index in [1.807, 2.05) is 43.5 Å². The van der Waals surface area contributed by atoms with Gasteiger partial charge >= 0.3 is 0 Å². The highest BCUT2D eigenvalue weighted by Gasteiger charge is 2.13. The van der Waals surface area contributed by atoms with Crippen molar-refractivity contribution in [2.24, 2.45) is 5.73 Å². The fourth-order valence-electron chi connectivity index (χ4n) is 2.41. The Bertz CT molecular complexity index is 762. The molecule has 0 aliphatic heterocycles. The Labute approximate surface area is 123 Å². The van der Waals surface area contributed by atoms with Crippen LogP contribution in [0.3, 0.4) is 0 Å². The number of imidazole rings is 1. The molecule has 0 radical (unpaired) electrons. The summed E-state index contributed by atoms with van der Waals surface area (Å²) in [5.41, 5.74) is 9.63. The standard InChI is InChI=1S/C16H18N4O/c1-11-9-14-16(18-10-11)20(8-7-17)15(19-14)12-3-5-13(21-2)6-4-12/h3-6,9-10H,7-8,17H2,1-2H3. The first-order valence-corrected chi connectivity index (χ1v) is 6.90. The van der Waals surface area contributed by atoms with E-state index in [-0.39, 0.29) is 0 Å². The van der Waals surface area contributed by atoms with Gasteiger partial charge in [0.2, 0.25) is 0 Å². The van der Waals surface area contributed by atoms with Gasteiger partial charge in [0.25, 0.3) is 0 Å². The molecule has 5 heteroatoms. The van der Waals surface area contributed by atoms with Gasteiger partial charge in [0.1, 0.15) is 17.1 Å². The molecule has 0 bridgehead atoms. The van der Waals surface area contributed by atoms with Crippen molar-refractivity contribution in [2.75, 3.05) is 13.7 Å². The first-order valence-electron chi connectivity index (χ1n) is 6.90. The highest BCUT2D eigenvalue weighted by Crippen LogP contribution is 2.25. The number of hydrogen-bond acceptors (Lipinski definition) is 4. The van der Waals surface area contributed by atoms with Crippen molar-refractivity contribution in [3.05, 3.63) is 42.1 Å². The molecule has 3 aromatic rings. The summed E-state index contributed by atoms with van der Waals surface area (Å²) in [5.74, 6) is 1.71. The van der Waals surface area contributed by atoms with Crippen LogP contribution in [-0.4, -0.2) is 28.2 Å². The highest BCUT2D eigenvalue weighted by atomic mass is 16.5. The van der Waals surface area contributed by atoms with Gasteiger partial charge < -0.3 is 15.0 Å². The average molecular weight is 282 g/mol. The minimum atomic E-state index is 0.546. The zero-order valence-electron chi connectivity index (χ0n) is 12.2. The smallest absolute Gasteiger partial charge is 0.160 e. The van der Waals surface area contributed by atoms with E-state index in [4.69, 9.17) is 15.5 Å². The van der Waals surface area contributed by atoms with Crippen LogP contribution in [0.25, 0.3) is 22.6 Å². The minimum Gasteiger partial charge on any atom is -0.497 e. The lowest BCUT2D eigenvalue weighted by Crippen LogP contribution is -2.11. The summed E-state index contributed by atoms with van der Waals surface area (Å²) >= 11 is 0. The van der Waals surface area contributed by atoms with Crippen LogP contribution in [0.5, 0.6) is 5.75 Å². The topological polar surface area (TPSA) is 66.0 Å². The molecule has 0 aliphatic carbocycles. The van der Waals surface area contributed by atoms with E-state index in [0.717, 1.165) is 33.9 Å². The maximum absolute atomic E-state index is 5.74. The molecular weight excluding hydrogens is 264 g/mol. The minimum absolute atomic E-state index is 0.546. The third kappa shape index (κ3) is 2.48. The van der Waals surface area contributed by atoms with E-state index in [2.05, 4.69) is 9.55 Å². The lowest BCUT2D eigenvalue weighted by molar-refractivity contribution is 0.415. The SMILES string of the molecule is COc1ccc(-c2nc3cc(C)cnc3n2CCN)cc1. The number of nitrogens with two attached hydrogens (primary N) is 1. The molecule has 2 heterocycles. The largest absolute Gasteiger partial charge is 0.497 e. The van der Waals surface area contributed by atoms with E-state index in [1.54, 1.807) is 7.11 Å².